The van der Waals surface area contributed by atoms with Crippen molar-refractivity contribution in [1.82, 2.24) is 0 Å². The zero-order chi connectivity index (χ0) is 28.9. The summed E-state index contributed by atoms with van der Waals surface area (Å²) < 4.78 is 24.6. The van der Waals surface area contributed by atoms with Gasteiger partial charge in [0.2, 0.25) is 0 Å². The quantitative estimate of drug-likeness (QED) is 0.152. The fourth-order valence-corrected chi connectivity index (χ4v) is 6.54. The van der Waals surface area contributed by atoms with Crippen LogP contribution in [-0.4, -0.2) is 30.4 Å². The summed E-state index contributed by atoms with van der Waals surface area (Å²) in [5.74, 6) is 0.266. The Kier molecular flexibility index (Phi) is 9.80. The average Bonchev–Trinajstić information content (AvgIpc) is 2.94. The number of nitrogen functional groups attached to an aromatic ring is 1. The van der Waals surface area contributed by atoms with Crippen LogP contribution in [0.1, 0.15) is 68.4 Å². The Labute approximate surface area is 241 Å². The smallest absolute Gasteiger partial charge is 0.336 e. The zero-order valence-electron chi connectivity index (χ0n) is 23.7. The van der Waals surface area contributed by atoms with Crippen LogP contribution < -0.4 is 10.5 Å². The fraction of sp³-hybridized carbons (Fsp3) is 0.424. The largest absolute Gasteiger partial charge is 0.497 e. The number of carbonyl (C=O) groups is 1. The summed E-state index contributed by atoms with van der Waals surface area (Å²) in [5.41, 5.74) is 9.75. The van der Waals surface area contributed by atoms with Crippen LogP contribution in [0.25, 0.3) is 0 Å². The number of ether oxygens (including phenoxy) is 2. The van der Waals surface area contributed by atoms with E-state index in [-0.39, 0.29) is 17.3 Å². The van der Waals surface area contributed by atoms with E-state index in [1.54, 1.807) is 19.2 Å². The van der Waals surface area contributed by atoms with Crippen LogP contribution in [0.3, 0.4) is 0 Å². The standard InChI is InChI=1S/C33H40FNO4S/c1-21(2)33(3)17-5-6-27(20-33)39-32(37)30(36)31(24-10-14-26(38-4)15-11-24)40-29-19-23(9-16-28(29)35)18-22-7-12-25(34)13-8-22/h7-16,19,21,27,30-31,36H,5-6,17-18,20,35H2,1-4H3/t27?,30-,31+,33?/m1/s1. The van der Waals surface area contributed by atoms with Gasteiger partial charge in [-0.2, -0.15) is 0 Å². The summed E-state index contributed by atoms with van der Waals surface area (Å²) in [5, 5.41) is 10.8. The van der Waals surface area contributed by atoms with Crippen molar-refractivity contribution < 1.29 is 23.8 Å². The maximum atomic E-state index is 13.4. The Hall–Kier alpha value is -3.03. The molecule has 0 bridgehead atoms. The van der Waals surface area contributed by atoms with Gasteiger partial charge in [-0.3, -0.25) is 0 Å². The monoisotopic (exact) mass is 565 g/mol. The number of rotatable bonds is 10. The second-order valence-electron chi connectivity index (χ2n) is 11.4. The van der Waals surface area contributed by atoms with Crippen molar-refractivity contribution in [3.05, 3.63) is 89.2 Å². The molecule has 0 heterocycles. The number of hydrogen-bond donors (Lipinski definition) is 2. The minimum absolute atomic E-state index is 0.109. The van der Waals surface area contributed by atoms with Crippen LogP contribution in [0.15, 0.2) is 71.6 Å². The van der Waals surface area contributed by atoms with Gasteiger partial charge in [0.25, 0.3) is 0 Å². The fourth-order valence-electron chi connectivity index (χ4n) is 5.31. The van der Waals surface area contributed by atoms with Crippen molar-refractivity contribution >= 4 is 23.4 Å². The lowest BCUT2D eigenvalue weighted by Gasteiger charge is -2.41. The maximum absolute atomic E-state index is 13.4. The van der Waals surface area contributed by atoms with Gasteiger partial charge < -0.3 is 20.3 Å². The number of hydrogen-bond acceptors (Lipinski definition) is 6. The number of anilines is 1. The third kappa shape index (κ3) is 7.38. The van der Waals surface area contributed by atoms with Crippen molar-refractivity contribution in [3.63, 3.8) is 0 Å². The molecule has 4 rings (SSSR count). The van der Waals surface area contributed by atoms with E-state index in [2.05, 4.69) is 20.8 Å². The van der Waals surface area contributed by atoms with E-state index in [1.165, 1.54) is 23.9 Å². The number of halogens is 1. The average molecular weight is 566 g/mol. The van der Waals surface area contributed by atoms with Crippen LogP contribution in [0, 0.1) is 17.2 Å². The van der Waals surface area contributed by atoms with E-state index in [0.29, 0.717) is 23.8 Å². The summed E-state index contributed by atoms with van der Waals surface area (Å²) in [6, 6.07) is 19.4. The second-order valence-corrected chi connectivity index (χ2v) is 12.6. The molecule has 7 heteroatoms. The normalized spacial score (nSPS) is 20.6. The van der Waals surface area contributed by atoms with Gasteiger partial charge in [0, 0.05) is 10.6 Å². The minimum atomic E-state index is -1.40. The number of nitrogens with two attached hydrogens (primary N) is 1. The third-order valence-electron chi connectivity index (χ3n) is 8.27. The zero-order valence-corrected chi connectivity index (χ0v) is 24.5. The first-order valence-electron chi connectivity index (χ1n) is 13.9. The van der Waals surface area contributed by atoms with Crippen molar-refractivity contribution in [2.45, 2.75) is 75.2 Å². The first-order chi connectivity index (χ1) is 19.1. The van der Waals surface area contributed by atoms with Gasteiger partial charge >= 0.3 is 5.97 Å². The molecule has 5 nitrogen and oxygen atoms in total. The van der Waals surface area contributed by atoms with Gasteiger partial charge in [0.15, 0.2) is 6.10 Å². The van der Waals surface area contributed by atoms with Crippen LogP contribution in [0.2, 0.25) is 0 Å². The SMILES string of the molecule is COc1ccc([C@H](Sc2cc(Cc3ccc(F)cc3)ccc2N)[C@@H](O)C(=O)OC2CCCC(C)(C(C)C)C2)cc1. The summed E-state index contributed by atoms with van der Waals surface area (Å²) in [6.07, 6.45) is 2.69. The highest BCUT2D eigenvalue weighted by Gasteiger charge is 2.38. The van der Waals surface area contributed by atoms with Crippen molar-refractivity contribution in [2.24, 2.45) is 11.3 Å². The highest BCUT2D eigenvalue weighted by Crippen LogP contribution is 2.44. The molecule has 3 N–H and O–H groups in total. The Bertz CT molecular complexity index is 1280. The molecule has 1 saturated carbocycles. The third-order valence-corrected chi connectivity index (χ3v) is 9.66. The molecule has 3 aromatic carbocycles. The van der Waals surface area contributed by atoms with Gasteiger partial charge in [-0.15, -0.1) is 11.8 Å². The lowest BCUT2D eigenvalue weighted by molar-refractivity contribution is -0.163. The van der Waals surface area contributed by atoms with Crippen LogP contribution in [0.5, 0.6) is 5.75 Å². The molecular weight excluding hydrogens is 525 g/mol. The molecule has 40 heavy (non-hydrogen) atoms. The molecule has 4 atom stereocenters. The molecule has 0 saturated heterocycles. The van der Waals surface area contributed by atoms with Gasteiger partial charge in [0.05, 0.1) is 12.4 Å². The highest BCUT2D eigenvalue weighted by molar-refractivity contribution is 7.99. The summed E-state index contributed by atoms with van der Waals surface area (Å²) in [4.78, 5) is 14.1. The molecule has 0 radical (unpaired) electrons. The van der Waals surface area contributed by atoms with Gasteiger partial charge in [-0.05, 0) is 96.5 Å². The predicted molar refractivity (Wildman–Crippen MR) is 159 cm³/mol. The molecule has 0 amide bonds. The second kappa shape index (κ2) is 13.1. The molecule has 0 aromatic heterocycles. The Morgan fingerprint density at radius 2 is 1.77 bits per heavy atom. The van der Waals surface area contributed by atoms with Crippen LogP contribution in [-0.2, 0) is 16.0 Å². The van der Waals surface area contributed by atoms with Gasteiger partial charge in [-0.1, -0.05) is 51.1 Å². The minimum Gasteiger partial charge on any atom is -0.497 e. The van der Waals surface area contributed by atoms with Crippen molar-refractivity contribution in [1.29, 1.82) is 0 Å². The summed E-state index contributed by atoms with van der Waals surface area (Å²) in [7, 11) is 1.59. The lowest BCUT2D eigenvalue weighted by Crippen LogP contribution is -2.38. The van der Waals surface area contributed by atoms with E-state index in [0.717, 1.165) is 47.3 Å². The van der Waals surface area contributed by atoms with Crippen molar-refractivity contribution in [3.8, 4) is 5.75 Å². The number of esters is 1. The molecular formula is C33H40FNO4S. The number of aliphatic hydroxyl groups is 1. The highest BCUT2D eigenvalue weighted by atomic mass is 32.2. The number of benzene rings is 3. The Morgan fingerprint density at radius 3 is 2.42 bits per heavy atom. The van der Waals surface area contributed by atoms with Crippen molar-refractivity contribution in [2.75, 3.05) is 12.8 Å². The number of methoxy groups -OCH3 is 1. The molecule has 0 aliphatic heterocycles. The number of thioether (sulfide) groups is 1. The number of carbonyl (C=O) groups excluding carboxylic acids is 1. The maximum Gasteiger partial charge on any atom is 0.336 e. The Morgan fingerprint density at radius 1 is 1.10 bits per heavy atom. The van der Waals surface area contributed by atoms with E-state index < -0.39 is 17.3 Å². The molecule has 1 aliphatic carbocycles. The number of aliphatic hydroxyl groups excluding tert-OH is 1. The van der Waals surface area contributed by atoms with E-state index >= 15 is 0 Å². The molecule has 0 spiro atoms. The molecule has 214 valence electrons. The van der Waals surface area contributed by atoms with Gasteiger partial charge in [0.1, 0.15) is 17.7 Å². The van der Waals surface area contributed by atoms with Gasteiger partial charge in [-0.25, -0.2) is 9.18 Å². The van der Waals surface area contributed by atoms with E-state index in [4.69, 9.17) is 15.2 Å². The van der Waals surface area contributed by atoms with E-state index in [9.17, 15) is 14.3 Å². The Balaban J connectivity index is 1.57. The van der Waals surface area contributed by atoms with Crippen LogP contribution in [0.4, 0.5) is 10.1 Å². The predicted octanol–water partition coefficient (Wildman–Crippen LogP) is 7.35. The van der Waals surface area contributed by atoms with Crippen LogP contribution >= 0.6 is 11.8 Å². The molecule has 2 unspecified atom stereocenters. The first kappa shape index (κ1) is 29.9. The molecule has 1 aliphatic rings. The van der Waals surface area contributed by atoms with E-state index in [1.807, 2.05) is 42.5 Å². The summed E-state index contributed by atoms with van der Waals surface area (Å²) in [6.45, 7) is 6.68. The molecule has 3 aromatic rings. The molecule has 1 fully saturated rings. The summed E-state index contributed by atoms with van der Waals surface area (Å²) >= 11 is 1.34. The lowest BCUT2D eigenvalue weighted by atomic mass is 9.67. The topological polar surface area (TPSA) is 81.8 Å². The first-order valence-corrected chi connectivity index (χ1v) is 14.8.